The van der Waals surface area contributed by atoms with Crippen LogP contribution in [0.4, 0.5) is 5.69 Å². The Labute approximate surface area is 167 Å². The predicted molar refractivity (Wildman–Crippen MR) is 109 cm³/mol. The fourth-order valence-electron chi connectivity index (χ4n) is 2.88. The number of amides is 2. The van der Waals surface area contributed by atoms with Crippen LogP contribution in [0.15, 0.2) is 60.7 Å². The highest BCUT2D eigenvalue weighted by Gasteiger charge is 2.18. The Kier molecular flexibility index (Phi) is 6.13. The van der Waals surface area contributed by atoms with E-state index in [4.69, 9.17) is 16.3 Å². The number of anilines is 1. The van der Waals surface area contributed by atoms with Gasteiger partial charge in [-0.25, -0.2) is 0 Å². The monoisotopic (exact) mass is 398 g/mol. The van der Waals surface area contributed by atoms with Crippen molar-refractivity contribution in [2.75, 3.05) is 19.0 Å². The lowest BCUT2D eigenvalue weighted by atomic mass is 10.0. The van der Waals surface area contributed by atoms with E-state index < -0.39 is 17.9 Å². The molecule has 0 aliphatic heterocycles. The van der Waals surface area contributed by atoms with Crippen molar-refractivity contribution in [1.29, 1.82) is 0 Å². The molecule has 0 saturated carbocycles. The number of rotatable bonds is 5. The van der Waals surface area contributed by atoms with Gasteiger partial charge in [0.1, 0.15) is 5.75 Å². The van der Waals surface area contributed by atoms with Crippen molar-refractivity contribution in [2.24, 2.45) is 0 Å². The molecule has 0 unspecified atom stereocenters. The number of methoxy groups -OCH3 is 1. The van der Waals surface area contributed by atoms with Gasteiger partial charge in [0.15, 0.2) is 0 Å². The van der Waals surface area contributed by atoms with Gasteiger partial charge >= 0.3 is 11.8 Å². The first-order valence-electron chi connectivity index (χ1n) is 8.58. The summed E-state index contributed by atoms with van der Waals surface area (Å²) in [5, 5.41) is 17.6. The van der Waals surface area contributed by atoms with E-state index in [1.807, 2.05) is 36.4 Å². The minimum Gasteiger partial charge on any atom is -0.495 e. The number of hydrogen-bond donors (Lipinski definition) is 3. The van der Waals surface area contributed by atoms with Crippen molar-refractivity contribution in [3.8, 4) is 5.75 Å². The van der Waals surface area contributed by atoms with Crippen LogP contribution in [0.2, 0.25) is 5.02 Å². The van der Waals surface area contributed by atoms with E-state index in [-0.39, 0.29) is 12.2 Å². The Balaban J connectivity index is 1.65. The minimum absolute atomic E-state index is 0.104. The van der Waals surface area contributed by atoms with Gasteiger partial charge in [0.25, 0.3) is 0 Å². The number of nitrogens with one attached hydrogen (secondary N) is 2. The van der Waals surface area contributed by atoms with Gasteiger partial charge in [0.2, 0.25) is 0 Å². The van der Waals surface area contributed by atoms with E-state index in [1.54, 1.807) is 18.2 Å². The van der Waals surface area contributed by atoms with Crippen molar-refractivity contribution < 1.29 is 19.4 Å². The van der Waals surface area contributed by atoms with E-state index in [0.29, 0.717) is 16.3 Å². The maximum Gasteiger partial charge on any atom is 0.313 e. The van der Waals surface area contributed by atoms with E-state index in [9.17, 15) is 14.7 Å². The number of ether oxygens (including phenoxy) is 1. The standard InChI is InChI=1S/C21H19ClN2O4/c1-28-19-10-9-14(22)11-17(19)24-21(27)20(26)23-12-18(25)16-8-4-6-13-5-2-3-7-15(13)16/h2-11,18,25H,12H2,1H3,(H,23,26)(H,24,27)/t18-/m0/s1. The summed E-state index contributed by atoms with van der Waals surface area (Å²) in [5.41, 5.74) is 0.958. The zero-order valence-electron chi connectivity index (χ0n) is 15.1. The van der Waals surface area contributed by atoms with Crippen molar-refractivity contribution in [1.82, 2.24) is 5.32 Å². The number of aliphatic hydroxyl groups is 1. The Hall–Kier alpha value is -3.09. The van der Waals surface area contributed by atoms with Gasteiger partial charge in [-0.1, -0.05) is 54.1 Å². The number of carbonyl (C=O) groups excluding carboxylic acids is 2. The molecular weight excluding hydrogens is 380 g/mol. The van der Waals surface area contributed by atoms with E-state index >= 15 is 0 Å². The number of benzene rings is 3. The van der Waals surface area contributed by atoms with Gasteiger partial charge < -0.3 is 20.5 Å². The molecule has 0 spiro atoms. The minimum atomic E-state index is -0.955. The summed E-state index contributed by atoms with van der Waals surface area (Å²) in [6.45, 7) is -0.104. The Bertz CT molecular complexity index is 1020. The molecule has 0 fully saturated rings. The van der Waals surface area contributed by atoms with Crippen LogP contribution in [0.25, 0.3) is 10.8 Å². The molecule has 0 aliphatic rings. The quantitative estimate of drug-likeness (QED) is 0.575. The summed E-state index contributed by atoms with van der Waals surface area (Å²) in [4.78, 5) is 24.3. The van der Waals surface area contributed by atoms with Crippen LogP contribution in [0.5, 0.6) is 5.75 Å². The number of carbonyl (C=O) groups is 2. The van der Waals surface area contributed by atoms with Gasteiger partial charge in [-0.15, -0.1) is 0 Å². The molecule has 0 radical (unpaired) electrons. The molecule has 0 saturated heterocycles. The zero-order valence-corrected chi connectivity index (χ0v) is 15.9. The number of halogens is 1. The first kappa shape index (κ1) is 19.7. The largest absolute Gasteiger partial charge is 0.495 e. The maximum atomic E-state index is 12.1. The molecule has 7 heteroatoms. The van der Waals surface area contributed by atoms with Crippen LogP contribution in [0.3, 0.4) is 0 Å². The van der Waals surface area contributed by atoms with Crippen molar-refractivity contribution in [3.63, 3.8) is 0 Å². The third kappa shape index (κ3) is 4.42. The van der Waals surface area contributed by atoms with Gasteiger partial charge in [-0.2, -0.15) is 0 Å². The van der Waals surface area contributed by atoms with E-state index in [1.165, 1.54) is 13.2 Å². The molecule has 0 bridgehead atoms. The third-order valence-corrected chi connectivity index (χ3v) is 4.49. The molecule has 3 aromatic carbocycles. The first-order valence-corrected chi connectivity index (χ1v) is 8.96. The van der Waals surface area contributed by atoms with E-state index in [2.05, 4.69) is 10.6 Å². The Morgan fingerprint density at radius 1 is 1.07 bits per heavy atom. The summed E-state index contributed by atoms with van der Waals surface area (Å²) in [6.07, 6.45) is -0.955. The van der Waals surface area contributed by atoms with Gasteiger partial charge in [-0.05, 0) is 34.5 Å². The van der Waals surface area contributed by atoms with E-state index in [0.717, 1.165) is 10.8 Å². The van der Waals surface area contributed by atoms with Gasteiger partial charge in [0.05, 0.1) is 18.9 Å². The summed E-state index contributed by atoms with van der Waals surface area (Å²) in [6, 6.07) is 17.9. The Morgan fingerprint density at radius 2 is 1.82 bits per heavy atom. The summed E-state index contributed by atoms with van der Waals surface area (Å²) in [7, 11) is 1.44. The smallest absolute Gasteiger partial charge is 0.313 e. The van der Waals surface area contributed by atoms with Crippen LogP contribution in [-0.4, -0.2) is 30.6 Å². The zero-order chi connectivity index (χ0) is 20.1. The molecule has 2 amide bonds. The molecule has 3 N–H and O–H groups in total. The Morgan fingerprint density at radius 3 is 2.61 bits per heavy atom. The molecule has 6 nitrogen and oxygen atoms in total. The highest BCUT2D eigenvalue weighted by Crippen LogP contribution is 2.27. The fraction of sp³-hybridized carbons (Fsp3) is 0.143. The van der Waals surface area contributed by atoms with Crippen molar-refractivity contribution in [3.05, 3.63) is 71.2 Å². The molecule has 3 rings (SSSR count). The summed E-state index contributed by atoms with van der Waals surface area (Å²) in [5.74, 6) is -1.38. The second-order valence-corrected chi connectivity index (χ2v) is 6.53. The van der Waals surface area contributed by atoms with Gasteiger partial charge in [-0.3, -0.25) is 9.59 Å². The topological polar surface area (TPSA) is 87.7 Å². The van der Waals surface area contributed by atoms with Crippen LogP contribution in [0, 0.1) is 0 Å². The van der Waals surface area contributed by atoms with Crippen molar-refractivity contribution >= 4 is 39.9 Å². The number of fused-ring (bicyclic) bond motifs is 1. The highest BCUT2D eigenvalue weighted by molar-refractivity contribution is 6.40. The fourth-order valence-corrected chi connectivity index (χ4v) is 3.05. The molecule has 3 aromatic rings. The molecule has 28 heavy (non-hydrogen) atoms. The molecular formula is C21H19ClN2O4. The second kappa shape index (κ2) is 8.73. The third-order valence-electron chi connectivity index (χ3n) is 4.25. The average molecular weight is 399 g/mol. The SMILES string of the molecule is COc1ccc(Cl)cc1NC(=O)C(=O)NC[C@H](O)c1cccc2ccccc12. The maximum absolute atomic E-state index is 12.1. The lowest BCUT2D eigenvalue weighted by molar-refractivity contribution is -0.136. The van der Waals surface area contributed by atoms with Crippen LogP contribution < -0.4 is 15.4 Å². The average Bonchev–Trinajstić information content (AvgIpc) is 2.71. The molecule has 0 aliphatic carbocycles. The highest BCUT2D eigenvalue weighted by atomic mass is 35.5. The summed E-state index contributed by atoms with van der Waals surface area (Å²) < 4.78 is 5.13. The lowest BCUT2D eigenvalue weighted by Gasteiger charge is -2.15. The normalized spacial score (nSPS) is 11.7. The lowest BCUT2D eigenvalue weighted by Crippen LogP contribution is -2.37. The number of aliphatic hydroxyl groups excluding tert-OH is 1. The van der Waals surface area contributed by atoms with Crippen LogP contribution in [0.1, 0.15) is 11.7 Å². The summed E-state index contributed by atoms with van der Waals surface area (Å²) >= 11 is 5.91. The molecule has 144 valence electrons. The van der Waals surface area contributed by atoms with Crippen LogP contribution >= 0.6 is 11.6 Å². The molecule has 0 heterocycles. The van der Waals surface area contributed by atoms with Crippen LogP contribution in [-0.2, 0) is 9.59 Å². The molecule has 0 aromatic heterocycles. The predicted octanol–water partition coefficient (Wildman–Crippen LogP) is 3.29. The first-order chi connectivity index (χ1) is 13.5. The number of hydrogen-bond acceptors (Lipinski definition) is 4. The van der Waals surface area contributed by atoms with Gasteiger partial charge in [0, 0.05) is 11.6 Å². The van der Waals surface area contributed by atoms with Crippen molar-refractivity contribution in [2.45, 2.75) is 6.10 Å². The molecule has 1 atom stereocenters. The second-order valence-electron chi connectivity index (χ2n) is 6.09.